The van der Waals surface area contributed by atoms with Crippen molar-refractivity contribution in [3.05, 3.63) is 84.4 Å². The summed E-state index contributed by atoms with van der Waals surface area (Å²) in [5.41, 5.74) is 6.39. The van der Waals surface area contributed by atoms with Crippen molar-refractivity contribution in [2.24, 2.45) is 5.10 Å². The lowest BCUT2D eigenvalue weighted by molar-refractivity contribution is -0.846. The highest BCUT2D eigenvalue weighted by Gasteiger charge is 2.34. The summed E-state index contributed by atoms with van der Waals surface area (Å²) in [5.74, 6) is 1.61. The second-order valence-electron chi connectivity index (χ2n) is 6.28. The number of ether oxygens (including phenoxy) is 1. The molecule has 0 aliphatic carbocycles. The van der Waals surface area contributed by atoms with Gasteiger partial charge in [-0.25, -0.2) is 5.43 Å². The van der Waals surface area contributed by atoms with Crippen molar-refractivity contribution in [1.29, 1.82) is 0 Å². The van der Waals surface area contributed by atoms with Crippen molar-refractivity contribution < 1.29 is 22.3 Å². The summed E-state index contributed by atoms with van der Waals surface area (Å²) in [6, 6.07) is 26.1. The van der Waals surface area contributed by atoms with Crippen LogP contribution in [0.3, 0.4) is 0 Å². The first-order valence-corrected chi connectivity index (χ1v) is 9.71. The average molecular weight is 424 g/mol. The van der Waals surface area contributed by atoms with Crippen LogP contribution in [0.15, 0.2) is 84.0 Å². The zero-order valence-corrected chi connectivity index (χ0v) is 17.1. The number of para-hydroxylation sites is 1. The Labute approximate surface area is 178 Å². The number of benzene rings is 3. The zero-order valence-electron chi connectivity index (χ0n) is 15.5. The lowest BCUT2D eigenvalue weighted by Gasteiger charge is -2.19. The number of nitrogens with zero attached hydrogens (tertiary/aromatic N) is 3. The molecule has 146 valence electrons. The van der Waals surface area contributed by atoms with Crippen molar-refractivity contribution in [2.45, 2.75) is 0 Å². The number of quaternary nitrogens is 1. The Morgan fingerprint density at radius 3 is 2.38 bits per heavy atom. The predicted octanol–water partition coefficient (Wildman–Crippen LogP) is 0.127. The fourth-order valence-corrected chi connectivity index (χ4v) is 4.04. The molecule has 1 atom stereocenters. The van der Waals surface area contributed by atoms with E-state index in [0.717, 1.165) is 43.3 Å². The Bertz CT molecular complexity index is 1110. The van der Waals surface area contributed by atoms with E-state index in [2.05, 4.69) is 11.5 Å². The van der Waals surface area contributed by atoms with E-state index in [9.17, 15) is 0 Å². The van der Waals surface area contributed by atoms with Crippen molar-refractivity contribution in [3.63, 3.8) is 0 Å². The predicted molar refractivity (Wildman–Crippen MR) is 112 cm³/mol. The van der Waals surface area contributed by atoms with Gasteiger partial charge in [0.25, 0.3) is 0 Å². The molecule has 8 heteroatoms. The van der Waals surface area contributed by atoms with Gasteiger partial charge in [0.05, 0.1) is 17.3 Å². The first kappa shape index (κ1) is 19.2. The molecule has 0 saturated carbocycles. The topological polar surface area (TPSA) is 54.2 Å². The van der Waals surface area contributed by atoms with Crippen LogP contribution in [0.4, 0.5) is 10.8 Å². The second-order valence-corrected chi connectivity index (χ2v) is 7.31. The molecule has 1 aromatic heterocycles. The molecule has 0 bridgehead atoms. The summed E-state index contributed by atoms with van der Waals surface area (Å²) in [6.45, 7) is 0. The standard InChI is InChI=1S/C21H17N5OS.ClH/c1-27-17-13-11-16(12-14-17)25-23-20(15-7-3-2-4-8-15)24-26(25)21-22-18-9-5-6-10-19(18)28-21;/h2-14H,1H3,(H,23,24);1H. The minimum absolute atomic E-state index is 0. The molecule has 29 heavy (non-hydrogen) atoms. The third-order valence-corrected chi connectivity index (χ3v) is 5.54. The summed E-state index contributed by atoms with van der Waals surface area (Å²) in [5, 5.41) is 8.51. The number of aromatic nitrogens is 1. The van der Waals surface area contributed by atoms with Gasteiger partial charge in [-0.1, -0.05) is 58.9 Å². The number of thiazole rings is 1. The van der Waals surface area contributed by atoms with Gasteiger partial charge in [0.15, 0.2) is 0 Å². The maximum atomic E-state index is 5.29. The molecule has 4 aromatic rings. The third-order valence-electron chi connectivity index (χ3n) is 4.51. The molecule has 0 spiro atoms. The van der Waals surface area contributed by atoms with E-state index in [1.165, 1.54) is 0 Å². The molecular formula is C21H18ClN5OS. The maximum Gasteiger partial charge on any atom is 0.339 e. The summed E-state index contributed by atoms with van der Waals surface area (Å²) >= 11 is 1.64. The van der Waals surface area contributed by atoms with Crippen molar-refractivity contribution in [1.82, 2.24) is 10.4 Å². The summed E-state index contributed by atoms with van der Waals surface area (Å²) in [4.78, 5) is 4.80. The number of rotatable bonds is 4. The van der Waals surface area contributed by atoms with E-state index in [-0.39, 0.29) is 12.4 Å². The number of halogens is 1. The first-order valence-electron chi connectivity index (χ1n) is 8.90. The Morgan fingerprint density at radius 2 is 1.66 bits per heavy atom. The Balaban J connectivity index is 0.00000205. The molecule has 3 aromatic carbocycles. The number of hydrazine groups is 1. The molecule has 5 rings (SSSR count). The van der Waals surface area contributed by atoms with Crippen LogP contribution in [0, 0.1) is 0 Å². The molecule has 0 fully saturated rings. The van der Waals surface area contributed by atoms with Gasteiger partial charge in [-0.05, 0) is 46.6 Å². The number of anilines is 1. The molecule has 2 heterocycles. The van der Waals surface area contributed by atoms with E-state index in [4.69, 9.17) is 14.8 Å². The number of amidine groups is 1. The molecule has 1 aliphatic heterocycles. The number of methoxy groups -OCH3 is 1. The molecule has 6 nitrogen and oxygen atoms in total. The van der Waals surface area contributed by atoms with Gasteiger partial charge in [-0.3, -0.25) is 0 Å². The van der Waals surface area contributed by atoms with E-state index >= 15 is 0 Å². The highest BCUT2D eigenvalue weighted by atomic mass is 35.5. The van der Waals surface area contributed by atoms with Crippen LogP contribution in [0.1, 0.15) is 5.56 Å². The largest absolute Gasteiger partial charge is 1.00 e. The smallest absolute Gasteiger partial charge is 0.339 e. The third kappa shape index (κ3) is 3.63. The summed E-state index contributed by atoms with van der Waals surface area (Å²) < 4.78 is 6.43. The number of hydrogen-bond donors (Lipinski definition) is 2. The van der Waals surface area contributed by atoms with Crippen LogP contribution in [0.2, 0.25) is 0 Å². The molecule has 2 N–H and O–H groups in total. The minimum atomic E-state index is 0. The average Bonchev–Trinajstić information content (AvgIpc) is 3.39. The van der Waals surface area contributed by atoms with E-state index < -0.39 is 0 Å². The lowest BCUT2D eigenvalue weighted by Crippen LogP contribution is -3.10. The molecule has 1 aliphatic rings. The van der Waals surface area contributed by atoms with Gasteiger partial charge in [-0.15, -0.1) is 0 Å². The van der Waals surface area contributed by atoms with Gasteiger partial charge >= 0.3 is 5.13 Å². The minimum Gasteiger partial charge on any atom is -1.00 e. The van der Waals surface area contributed by atoms with Crippen LogP contribution >= 0.6 is 11.3 Å². The number of hydrogen-bond acceptors (Lipinski definition) is 6. The van der Waals surface area contributed by atoms with E-state index in [1.807, 2.05) is 77.9 Å². The van der Waals surface area contributed by atoms with Gasteiger partial charge in [0.2, 0.25) is 5.84 Å². The zero-order chi connectivity index (χ0) is 18.9. The van der Waals surface area contributed by atoms with Gasteiger partial charge < -0.3 is 17.1 Å². The fourth-order valence-electron chi connectivity index (χ4n) is 3.09. The highest BCUT2D eigenvalue weighted by molar-refractivity contribution is 7.21. The molecule has 0 saturated heterocycles. The first-order chi connectivity index (χ1) is 13.8. The highest BCUT2D eigenvalue weighted by Crippen LogP contribution is 2.25. The quantitative estimate of drug-likeness (QED) is 0.490. The Kier molecular flexibility index (Phi) is 5.35. The van der Waals surface area contributed by atoms with Gasteiger partial charge in [0.1, 0.15) is 11.4 Å². The molecular weight excluding hydrogens is 406 g/mol. The Morgan fingerprint density at radius 1 is 0.931 bits per heavy atom. The van der Waals surface area contributed by atoms with Crippen LogP contribution < -0.4 is 32.8 Å². The van der Waals surface area contributed by atoms with Crippen molar-refractivity contribution >= 4 is 38.2 Å². The second kappa shape index (κ2) is 8.08. The molecule has 0 amide bonds. The van der Waals surface area contributed by atoms with Crippen molar-refractivity contribution in [3.8, 4) is 5.75 Å². The summed E-state index contributed by atoms with van der Waals surface area (Å²) in [6.07, 6.45) is 0. The normalized spacial score (nSPS) is 15.6. The van der Waals surface area contributed by atoms with Crippen LogP contribution in [0.5, 0.6) is 5.75 Å². The summed E-state index contributed by atoms with van der Waals surface area (Å²) in [7, 11) is 1.67. The fraction of sp³-hybridized carbons (Fsp3) is 0.0476. The maximum absolute atomic E-state index is 5.29. The monoisotopic (exact) mass is 423 g/mol. The van der Waals surface area contributed by atoms with Crippen LogP contribution in [0.25, 0.3) is 10.2 Å². The Hall–Kier alpha value is -3.13. The van der Waals surface area contributed by atoms with Gasteiger partial charge in [-0.2, -0.15) is 4.98 Å². The number of nitrogens with one attached hydrogen (secondary N) is 2. The van der Waals surface area contributed by atoms with Crippen molar-refractivity contribution in [2.75, 3.05) is 12.2 Å². The molecule has 1 unspecified atom stereocenters. The lowest BCUT2D eigenvalue weighted by atomic mass is 10.2. The van der Waals surface area contributed by atoms with Crippen LogP contribution in [-0.2, 0) is 0 Å². The SMILES string of the molecule is COc1ccc(N2NC(c3ccccc3)=N[NH+]2c2nc3ccccc3s2)cc1.[Cl-]. The van der Waals surface area contributed by atoms with Crippen LogP contribution in [-0.4, -0.2) is 17.9 Å². The van der Waals surface area contributed by atoms with Gasteiger partial charge in [0, 0.05) is 5.56 Å². The molecule has 0 radical (unpaired) electrons. The van der Waals surface area contributed by atoms with E-state index in [1.54, 1.807) is 18.4 Å². The van der Waals surface area contributed by atoms with E-state index in [0.29, 0.717) is 0 Å². The number of fused-ring (bicyclic) bond motifs is 1.